The molecule has 6 heteroatoms. The number of hydrazone groups is 1. The Morgan fingerprint density at radius 3 is 2.89 bits per heavy atom. The minimum atomic E-state index is -0.572. The second-order valence-electron chi connectivity index (χ2n) is 4.12. The van der Waals surface area contributed by atoms with E-state index in [4.69, 9.17) is 17.3 Å². The lowest BCUT2D eigenvalue weighted by atomic mass is 10.0. The zero-order chi connectivity index (χ0) is 13.3. The first kappa shape index (κ1) is 13.0. The number of anilines is 1. The van der Waals surface area contributed by atoms with Crippen LogP contribution in [0, 0.1) is 11.7 Å². The number of nitrogens with zero attached hydrogens (tertiary/aromatic N) is 2. The van der Waals surface area contributed by atoms with Crippen LogP contribution in [0.4, 0.5) is 10.1 Å². The summed E-state index contributed by atoms with van der Waals surface area (Å²) in [6.45, 7) is 2.18. The Hall–Kier alpha value is -1.46. The average Bonchev–Trinajstić information content (AvgIpc) is 2.61. The van der Waals surface area contributed by atoms with Crippen molar-refractivity contribution < 1.29 is 9.18 Å². The third kappa shape index (κ3) is 2.23. The van der Waals surface area contributed by atoms with E-state index in [9.17, 15) is 9.18 Å². The van der Waals surface area contributed by atoms with E-state index in [0.29, 0.717) is 24.4 Å². The van der Waals surface area contributed by atoms with Crippen molar-refractivity contribution in [2.45, 2.75) is 13.3 Å². The van der Waals surface area contributed by atoms with Crippen LogP contribution in [0.1, 0.15) is 13.3 Å². The highest BCUT2D eigenvalue weighted by Crippen LogP contribution is 2.28. The topological polar surface area (TPSA) is 58.7 Å². The van der Waals surface area contributed by atoms with E-state index in [0.717, 1.165) is 0 Å². The lowest BCUT2D eigenvalue weighted by molar-refractivity contribution is -0.119. The Morgan fingerprint density at radius 2 is 2.28 bits per heavy atom. The van der Waals surface area contributed by atoms with Crippen molar-refractivity contribution in [1.82, 2.24) is 0 Å². The van der Waals surface area contributed by atoms with Gasteiger partial charge in [0.2, 0.25) is 0 Å². The minimum Gasteiger partial charge on any atom is -0.330 e. The lowest BCUT2D eigenvalue weighted by Gasteiger charge is -2.14. The van der Waals surface area contributed by atoms with E-state index >= 15 is 0 Å². The van der Waals surface area contributed by atoms with Gasteiger partial charge < -0.3 is 5.73 Å². The molecule has 1 atom stereocenters. The molecule has 1 aliphatic rings. The smallest absolute Gasteiger partial charge is 0.256 e. The number of amides is 1. The summed E-state index contributed by atoms with van der Waals surface area (Å²) in [5.41, 5.74) is 6.53. The molecule has 0 aliphatic carbocycles. The van der Waals surface area contributed by atoms with Gasteiger partial charge >= 0.3 is 0 Å². The van der Waals surface area contributed by atoms with Gasteiger partial charge in [-0.3, -0.25) is 4.79 Å². The fourth-order valence-electron chi connectivity index (χ4n) is 1.90. The molecule has 18 heavy (non-hydrogen) atoms. The highest BCUT2D eigenvalue weighted by Gasteiger charge is 2.33. The molecule has 2 rings (SSSR count). The molecule has 0 fully saturated rings. The summed E-state index contributed by atoms with van der Waals surface area (Å²) in [7, 11) is 0. The molecule has 1 amide bonds. The third-order valence-electron chi connectivity index (χ3n) is 2.87. The van der Waals surface area contributed by atoms with Crippen LogP contribution in [0.25, 0.3) is 0 Å². The van der Waals surface area contributed by atoms with E-state index in [-0.39, 0.29) is 16.8 Å². The summed E-state index contributed by atoms with van der Waals surface area (Å²) < 4.78 is 13.4. The van der Waals surface area contributed by atoms with Crippen molar-refractivity contribution in [3.05, 3.63) is 29.0 Å². The Bertz CT molecular complexity index is 518. The Labute approximate surface area is 109 Å². The van der Waals surface area contributed by atoms with Crippen molar-refractivity contribution in [2.24, 2.45) is 16.8 Å². The van der Waals surface area contributed by atoms with Gasteiger partial charge in [0.05, 0.1) is 16.6 Å². The molecular formula is C12H13ClFN3O. The van der Waals surface area contributed by atoms with Crippen LogP contribution in [-0.2, 0) is 4.79 Å². The number of carbonyl (C=O) groups excluding carboxylic acids is 1. The van der Waals surface area contributed by atoms with Gasteiger partial charge in [-0.2, -0.15) is 5.10 Å². The Kier molecular flexibility index (Phi) is 3.63. The predicted molar refractivity (Wildman–Crippen MR) is 69.2 cm³/mol. The van der Waals surface area contributed by atoms with Crippen molar-refractivity contribution >= 4 is 28.9 Å². The van der Waals surface area contributed by atoms with Gasteiger partial charge in [-0.05, 0) is 32.0 Å². The maximum absolute atomic E-state index is 13.4. The van der Waals surface area contributed by atoms with Crippen LogP contribution in [0.15, 0.2) is 23.3 Å². The van der Waals surface area contributed by atoms with Crippen LogP contribution in [0.2, 0.25) is 5.02 Å². The van der Waals surface area contributed by atoms with Gasteiger partial charge in [0, 0.05) is 11.8 Å². The lowest BCUT2D eigenvalue weighted by Crippen LogP contribution is -2.28. The highest BCUT2D eigenvalue weighted by molar-refractivity contribution is 6.30. The number of benzene rings is 1. The molecule has 0 saturated heterocycles. The maximum atomic E-state index is 13.4. The molecule has 1 aromatic rings. The molecule has 96 valence electrons. The predicted octanol–water partition coefficient (Wildman–Crippen LogP) is 2.17. The summed E-state index contributed by atoms with van der Waals surface area (Å²) in [5, 5.41) is 5.37. The molecule has 0 bridgehead atoms. The molecule has 1 unspecified atom stereocenters. The van der Waals surface area contributed by atoms with Crippen molar-refractivity contribution in [3.8, 4) is 0 Å². The molecule has 1 aliphatic heterocycles. The summed E-state index contributed by atoms with van der Waals surface area (Å²) in [6.07, 6.45) is 0.542. The second kappa shape index (κ2) is 5.04. The molecule has 1 aromatic carbocycles. The van der Waals surface area contributed by atoms with E-state index < -0.39 is 5.82 Å². The maximum Gasteiger partial charge on any atom is 0.256 e. The third-order valence-corrected chi connectivity index (χ3v) is 3.18. The first-order valence-corrected chi connectivity index (χ1v) is 5.96. The molecule has 0 radical (unpaired) electrons. The summed E-state index contributed by atoms with van der Waals surface area (Å²) in [4.78, 5) is 12.1. The van der Waals surface area contributed by atoms with Crippen LogP contribution < -0.4 is 10.7 Å². The van der Waals surface area contributed by atoms with Gasteiger partial charge in [-0.15, -0.1) is 0 Å². The SMILES string of the molecule is CC1=NN(c2ccc(Cl)c(F)c2)C(=O)C1CCN. The van der Waals surface area contributed by atoms with Gasteiger partial charge in [0.1, 0.15) is 5.82 Å². The summed E-state index contributed by atoms with van der Waals surface area (Å²) >= 11 is 5.60. The van der Waals surface area contributed by atoms with Gasteiger partial charge in [0.25, 0.3) is 5.91 Å². The van der Waals surface area contributed by atoms with E-state index in [1.165, 1.54) is 17.1 Å². The molecular weight excluding hydrogens is 257 g/mol. The zero-order valence-electron chi connectivity index (χ0n) is 9.86. The zero-order valence-corrected chi connectivity index (χ0v) is 10.6. The van der Waals surface area contributed by atoms with Crippen molar-refractivity contribution in [3.63, 3.8) is 0 Å². The Morgan fingerprint density at radius 1 is 1.56 bits per heavy atom. The largest absolute Gasteiger partial charge is 0.330 e. The molecule has 0 aromatic heterocycles. The van der Waals surface area contributed by atoms with E-state index in [1.807, 2.05) is 0 Å². The van der Waals surface area contributed by atoms with Crippen molar-refractivity contribution in [1.29, 1.82) is 0 Å². The van der Waals surface area contributed by atoms with Gasteiger partial charge in [-0.1, -0.05) is 11.6 Å². The number of rotatable bonds is 3. The normalized spacial score (nSPS) is 19.3. The minimum absolute atomic E-state index is 0.0182. The molecule has 1 heterocycles. The van der Waals surface area contributed by atoms with Crippen LogP contribution in [0.5, 0.6) is 0 Å². The van der Waals surface area contributed by atoms with Gasteiger partial charge in [0.15, 0.2) is 0 Å². The van der Waals surface area contributed by atoms with Crippen LogP contribution in [0.3, 0.4) is 0 Å². The molecule has 0 saturated carbocycles. The number of halogens is 2. The van der Waals surface area contributed by atoms with Crippen LogP contribution >= 0.6 is 11.6 Å². The summed E-state index contributed by atoms with van der Waals surface area (Å²) in [5.74, 6) is -1.06. The average molecular weight is 270 g/mol. The van der Waals surface area contributed by atoms with Crippen LogP contribution in [-0.4, -0.2) is 18.2 Å². The van der Waals surface area contributed by atoms with E-state index in [1.54, 1.807) is 13.0 Å². The Balaban J connectivity index is 2.30. The number of carbonyl (C=O) groups is 1. The number of nitrogens with two attached hydrogens (primary N) is 1. The highest BCUT2D eigenvalue weighted by atomic mass is 35.5. The fraction of sp³-hybridized carbons (Fsp3) is 0.333. The quantitative estimate of drug-likeness (QED) is 0.914. The van der Waals surface area contributed by atoms with Crippen molar-refractivity contribution in [2.75, 3.05) is 11.6 Å². The monoisotopic (exact) mass is 269 g/mol. The number of hydrogen-bond acceptors (Lipinski definition) is 3. The summed E-state index contributed by atoms with van der Waals surface area (Å²) in [6, 6.07) is 4.16. The molecule has 4 nitrogen and oxygen atoms in total. The standard InChI is InChI=1S/C12H13ClFN3O/c1-7-9(4-5-15)12(18)17(16-7)8-2-3-10(13)11(14)6-8/h2-3,6,9H,4-5,15H2,1H3. The first-order chi connectivity index (χ1) is 8.54. The number of hydrogen-bond donors (Lipinski definition) is 1. The fourth-order valence-corrected chi connectivity index (χ4v) is 2.02. The second-order valence-corrected chi connectivity index (χ2v) is 4.53. The molecule has 2 N–H and O–H groups in total. The first-order valence-electron chi connectivity index (χ1n) is 5.58. The van der Waals surface area contributed by atoms with Gasteiger partial charge in [-0.25, -0.2) is 9.40 Å². The van der Waals surface area contributed by atoms with E-state index in [2.05, 4.69) is 5.10 Å². The molecule has 0 spiro atoms.